The lowest BCUT2D eigenvalue weighted by molar-refractivity contribution is 0.0940. The Morgan fingerprint density at radius 1 is 1.28 bits per heavy atom. The summed E-state index contributed by atoms with van der Waals surface area (Å²) in [5.41, 5.74) is 1.42. The van der Waals surface area contributed by atoms with Crippen LogP contribution >= 0.6 is 0 Å². The molecule has 0 bridgehead atoms. The van der Waals surface area contributed by atoms with Gasteiger partial charge in [-0.2, -0.15) is 5.26 Å². The fraction of sp³-hybridized carbons (Fsp3) is 0.250. The van der Waals surface area contributed by atoms with Crippen LogP contribution in [0.2, 0.25) is 0 Å². The summed E-state index contributed by atoms with van der Waals surface area (Å²) in [6.45, 7) is 0. The predicted molar refractivity (Wildman–Crippen MR) is 91.0 cm³/mol. The van der Waals surface area contributed by atoms with Crippen molar-refractivity contribution in [2.75, 3.05) is 16.8 Å². The smallest absolute Gasteiger partial charge is 0.254 e. The number of nitrogens with one attached hydrogen (secondary N) is 2. The normalized spacial score (nSPS) is 18.3. The molecule has 2 heterocycles. The van der Waals surface area contributed by atoms with E-state index in [2.05, 4.69) is 20.6 Å². The summed E-state index contributed by atoms with van der Waals surface area (Å²) in [6, 6.07) is 8.51. The van der Waals surface area contributed by atoms with Gasteiger partial charge in [0.05, 0.1) is 28.7 Å². The standard InChI is InChI=1S/C16H15N5O3S/c17-7-11-2-1-3-13(6-11)21-16-18-8-12(9-19-16)15(22)20-14-4-5-25(23,24)10-14/h1-3,6,8-9,14H,4-5,10H2,(H,20,22)(H,18,19,21). The van der Waals surface area contributed by atoms with Gasteiger partial charge in [-0.05, 0) is 24.6 Å². The molecule has 1 saturated heterocycles. The summed E-state index contributed by atoms with van der Waals surface area (Å²) in [7, 11) is -3.05. The average molecular weight is 357 g/mol. The van der Waals surface area contributed by atoms with Crippen molar-refractivity contribution >= 4 is 27.4 Å². The van der Waals surface area contributed by atoms with Crippen molar-refractivity contribution in [3.8, 4) is 6.07 Å². The summed E-state index contributed by atoms with van der Waals surface area (Å²) < 4.78 is 22.8. The van der Waals surface area contributed by atoms with E-state index in [4.69, 9.17) is 5.26 Å². The van der Waals surface area contributed by atoms with Gasteiger partial charge in [0.25, 0.3) is 5.91 Å². The molecule has 0 spiro atoms. The maximum Gasteiger partial charge on any atom is 0.254 e. The van der Waals surface area contributed by atoms with Crippen molar-refractivity contribution in [1.82, 2.24) is 15.3 Å². The maximum atomic E-state index is 12.1. The van der Waals surface area contributed by atoms with Gasteiger partial charge in [0.2, 0.25) is 5.95 Å². The van der Waals surface area contributed by atoms with Gasteiger partial charge in [-0.15, -0.1) is 0 Å². The average Bonchev–Trinajstić information content (AvgIpc) is 2.94. The highest BCUT2D eigenvalue weighted by Crippen LogP contribution is 2.15. The Hall–Kier alpha value is -2.99. The van der Waals surface area contributed by atoms with Gasteiger partial charge in [0, 0.05) is 24.1 Å². The Morgan fingerprint density at radius 2 is 2.04 bits per heavy atom. The maximum absolute atomic E-state index is 12.1. The number of amides is 1. The van der Waals surface area contributed by atoms with Crippen LogP contribution in [0.5, 0.6) is 0 Å². The number of carbonyl (C=O) groups excluding carboxylic acids is 1. The number of nitriles is 1. The molecule has 2 aromatic rings. The first-order chi connectivity index (χ1) is 11.9. The Kier molecular flexibility index (Phi) is 4.63. The van der Waals surface area contributed by atoms with Crippen molar-refractivity contribution in [3.05, 3.63) is 47.8 Å². The molecule has 1 unspecified atom stereocenters. The fourth-order valence-corrected chi connectivity index (χ4v) is 4.16. The number of nitrogens with zero attached hydrogens (tertiary/aromatic N) is 3. The van der Waals surface area contributed by atoms with Gasteiger partial charge in [-0.3, -0.25) is 4.79 Å². The van der Waals surface area contributed by atoms with Crippen LogP contribution in [0.3, 0.4) is 0 Å². The molecule has 1 aliphatic heterocycles. The largest absolute Gasteiger partial charge is 0.348 e. The first kappa shape index (κ1) is 16.9. The summed E-state index contributed by atoms with van der Waals surface area (Å²) in [4.78, 5) is 20.3. The van der Waals surface area contributed by atoms with Crippen LogP contribution in [0.25, 0.3) is 0 Å². The van der Waals surface area contributed by atoms with Gasteiger partial charge in [0.15, 0.2) is 9.84 Å². The molecule has 1 aliphatic rings. The minimum absolute atomic E-state index is 0.0333. The first-order valence-corrected chi connectivity index (χ1v) is 9.38. The lowest BCUT2D eigenvalue weighted by Gasteiger charge is -2.10. The van der Waals surface area contributed by atoms with Crippen molar-refractivity contribution in [1.29, 1.82) is 5.26 Å². The minimum Gasteiger partial charge on any atom is -0.348 e. The van der Waals surface area contributed by atoms with Crippen molar-refractivity contribution in [2.45, 2.75) is 12.5 Å². The second kappa shape index (κ2) is 6.86. The third-order valence-electron chi connectivity index (χ3n) is 3.73. The van der Waals surface area contributed by atoms with E-state index in [1.807, 2.05) is 6.07 Å². The highest BCUT2D eigenvalue weighted by atomic mass is 32.2. The monoisotopic (exact) mass is 357 g/mol. The highest BCUT2D eigenvalue weighted by Gasteiger charge is 2.29. The van der Waals surface area contributed by atoms with Gasteiger partial charge < -0.3 is 10.6 Å². The minimum atomic E-state index is -3.05. The number of aromatic nitrogens is 2. The van der Waals surface area contributed by atoms with E-state index in [1.54, 1.807) is 24.3 Å². The molecule has 1 aromatic heterocycles. The number of benzene rings is 1. The summed E-state index contributed by atoms with van der Waals surface area (Å²) in [5, 5.41) is 14.5. The third kappa shape index (κ3) is 4.30. The molecule has 1 atom stereocenters. The quantitative estimate of drug-likeness (QED) is 0.836. The van der Waals surface area contributed by atoms with E-state index in [0.717, 1.165) is 0 Å². The molecule has 0 aliphatic carbocycles. The molecule has 25 heavy (non-hydrogen) atoms. The Morgan fingerprint density at radius 3 is 2.68 bits per heavy atom. The molecule has 1 amide bonds. The Bertz CT molecular complexity index is 935. The van der Waals surface area contributed by atoms with E-state index in [-0.39, 0.29) is 29.1 Å². The molecule has 3 rings (SSSR count). The molecule has 0 radical (unpaired) electrons. The SMILES string of the molecule is N#Cc1cccc(Nc2ncc(C(=O)NC3CCS(=O)(=O)C3)cn2)c1. The Balaban J connectivity index is 1.63. The van der Waals surface area contributed by atoms with Crippen molar-refractivity contribution in [3.63, 3.8) is 0 Å². The molecule has 128 valence electrons. The zero-order chi connectivity index (χ0) is 17.9. The van der Waals surface area contributed by atoms with Gasteiger partial charge >= 0.3 is 0 Å². The second-order valence-electron chi connectivity index (χ2n) is 5.69. The number of carbonyl (C=O) groups is 1. The van der Waals surface area contributed by atoms with Gasteiger partial charge in [-0.25, -0.2) is 18.4 Å². The molecule has 0 saturated carbocycles. The van der Waals surface area contributed by atoms with E-state index in [0.29, 0.717) is 17.7 Å². The molecular weight excluding hydrogens is 342 g/mol. The zero-order valence-corrected chi connectivity index (χ0v) is 14.0. The van der Waals surface area contributed by atoms with E-state index >= 15 is 0 Å². The van der Waals surface area contributed by atoms with E-state index < -0.39 is 15.7 Å². The van der Waals surface area contributed by atoms with Crippen LogP contribution in [0.15, 0.2) is 36.7 Å². The van der Waals surface area contributed by atoms with Crippen LogP contribution in [0.4, 0.5) is 11.6 Å². The highest BCUT2D eigenvalue weighted by molar-refractivity contribution is 7.91. The van der Waals surface area contributed by atoms with Crippen LogP contribution in [-0.4, -0.2) is 41.8 Å². The zero-order valence-electron chi connectivity index (χ0n) is 13.1. The molecule has 1 aromatic carbocycles. The van der Waals surface area contributed by atoms with E-state index in [1.165, 1.54) is 12.4 Å². The lowest BCUT2D eigenvalue weighted by Crippen LogP contribution is -2.35. The number of anilines is 2. The van der Waals surface area contributed by atoms with Crippen molar-refractivity contribution in [2.24, 2.45) is 0 Å². The molecule has 2 N–H and O–H groups in total. The first-order valence-electron chi connectivity index (χ1n) is 7.56. The predicted octanol–water partition coefficient (Wildman–Crippen LogP) is 1.01. The lowest BCUT2D eigenvalue weighted by atomic mass is 10.2. The summed E-state index contributed by atoms with van der Waals surface area (Å²) >= 11 is 0. The number of hydrogen-bond donors (Lipinski definition) is 2. The van der Waals surface area contributed by atoms with Crippen LogP contribution < -0.4 is 10.6 Å². The van der Waals surface area contributed by atoms with Crippen LogP contribution in [0, 0.1) is 11.3 Å². The molecular formula is C16H15N5O3S. The van der Waals surface area contributed by atoms with E-state index in [9.17, 15) is 13.2 Å². The van der Waals surface area contributed by atoms with Crippen LogP contribution in [0.1, 0.15) is 22.3 Å². The number of sulfone groups is 1. The summed E-state index contributed by atoms with van der Waals surface area (Å²) in [6.07, 6.45) is 3.15. The summed E-state index contributed by atoms with van der Waals surface area (Å²) in [5.74, 6) is -0.0525. The van der Waals surface area contributed by atoms with Gasteiger partial charge in [-0.1, -0.05) is 6.07 Å². The Labute approximate surface area is 144 Å². The molecule has 1 fully saturated rings. The fourth-order valence-electron chi connectivity index (χ4n) is 2.48. The second-order valence-corrected chi connectivity index (χ2v) is 7.92. The molecule has 9 heteroatoms. The third-order valence-corrected chi connectivity index (χ3v) is 5.50. The number of rotatable bonds is 4. The van der Waals surface area contributed by atoms with Crippen molar-refractivity contribution < 1.29 is 13.2 Å². The van der Waals surface area contributed by atoms with Gasteiger partial charge in [0.1, 0.15) is 0 Å². The van der Waals surface area contributed by atoms with Crippen LogP contribution in [-0.2, 0) is 9.84 Å². The topological polar surface area (TPSA) is 125 Å². The number of hydrogen-bond acceptors (Lipinski definition) is 7. The molecule has 8 nitrogen and oxygen atoms in total.